The largest absolute Gasteiger partial charge is 0.327 e. The number of nitrogens with two attached hydrogens (primary N) is 1. The summed E-state index contributed by atoms with van der Waals surface area (Å²) in [6, 6.07) is 24.2. The number of benzene rings is 3. The van der Waals surface area contributed by atoms with E-state index in [-0.39, 0.29) is 0 Å². The van der Waals surface area contributed by atoms with Crippen molar-refractivity contribution in [3.8, 4) is 0 Å². The molecule has 0 spiro atoms. The van der Waals surface area contributed by atoms with E-state index in [1.54, 1.807) is 0 Å². The van der Waals surface area contributed by atoms with Crippen LogP contribution in [-0.4, -0.2) is 16.4 Å². The molecular formula is C30H26N2S. The van der Waals surface area contributed by atoms with Crippen LogP contribution in [-0.2, 0) is 0 Å². The van der Waals surface area contributed by atoms with E-state index in [0.29, 0.717) is 17.7 Å². The SMILES string of the molecule is C/C=C(\C(=C/CN)n1c2ccccc2c2ccccc21)c1ccc2c(c1)C1C=CC=CC1S2. The molecule has 2 nitrogen and oxygen atoms in total. The van der Waals surface area contributed by atoms with Gasteiger partial charge in [0.05, 0.1) is 16.7 Å². The molecule has 0 saturated carbocycles. The summed E-state index contributed by atoms with van der Waals surface area (Å²) in [6.45, 7) is 2.61. The molecule has 3 aromatic carbocycles. The molecule has 0 radical (unpaired) electrons. The van der Waals surface area contributed by atoms with Gasteiger partial charge in [-0.3, -0.25) is 0 Å². The summed E-state index contributed by atoms with van der Waals surface area (Å²) < 4.78 is 2.38. The molecule has 1 aromatic heterocycles. The zero-order valence-electron chi connectivity index (χ0n) is 18.6. The highest BCUT2D eigenvalue weighted by molar-refractivity contribution is 8.00. The normalized spacial score (nSPS) is 19.9. The third-order valence-electron chi connectivity index (χ3n) is 6.72. The van der Waals surface area contributed by atoms with E-state index in [9.17, 15) is 0 Å². The van der Waals surface area contributed by atoms with Crippen molar-refractivity contribution in [1.82, 2.24) is 4.57 Å². The Kier molecular flexibility index (Phi) is 5.09. The number of hydrogen-bond acceptors (Lipinski definition) is 2. The van der Waals surface area contributed by atoms with Crippen molar-refractivity contribution in [3.63, 3.8) is 0 Å². The molecule has 33 heavy (non-hydrogen) atoms. The summed E-state index contributed by atoms with van der Waals surface area (Å²) in [5.41, 5.74) is 13.6. The topological polar surface area (TPSA) is 30.9 Å². The minimum absolute atomic E-state index is 0.447. The maximum Gasteiger partial charge on any atom is 0.0541 e. The first kappa shape index (κ1) is 20.3. The Hall–Kier alpha value is -3.27. The van der Waals surface area contributed by atoms with Gasteiger partial charge in [0.25, 0.3) is 0 Å². The number of allylic oxidation sites excluding steroid dienone is 6. The standard InChI is InChI=1S/C30H26N2S/c1-2-21(20-15-16-30-25(19-20)24-11-5-8-14-29(24)33-30)28(17-18-31)32-26-12-6-3-9-22(26)23-10-4-7-13-27(23)32/h2-17,19,24,29H,18,31H2,1H3/b21-2-,28-17+. The zero-order valence-corrected chi connectivity index (χ0v) is 19.4. The molecular weight excluding hydrogens is 420 g/mol. The van der Waals surface area contributed by atoms with E-state index in [0.717, 1.165) is 5.70 Å². The molecule has 2 aliphatic rings. The lowest BCUT2D eigenvalue weighted by Gasteiger charge is -2.19. The number of fused-ring (bicyclic) bond motifs is 6. The quantitative estimate of drug-likeness (QED) is 0.332. The molecule has 0 fully saturated rings. The van der Waals surface area contributed by atoms with E-state index in [1.165, 1.54) is 43.4 Å². The van der Waals surface area contributed by atoms with Crippen LogP contribution in [0.1, 0.15) is 24.0 Å². The Labute approximate surface area is 198 Å². The third kappa shape index (κ3) is 3.23. The molecule has 2 heterocycles. The van der Waals surface area contributed by atoms with Crippen molar-refractivity contribution >= 4 is 44.8 Å². The van der Waals surface area contributed by atoms with Gasteiger partial charge in [-0.1, -0.05) is 72.8 Å². The monoisotopic (exact) mass is 446 g/mol. The minimum atomic E-state index is 0.447. The first-order chi connectivity index (χ1) is 16.3. The van der Waals surface area contributed by atoms with Gasteiger partial charge in [-0.25, -0.2) is 0 Å². The molecule has 3 heteroatoms. The van der Waals surface area contributed by atoms with E-state index < -0.39 is 0 Å². The summed E-state index contributed by atoms with van der Waals surface area (Å²) in [5, 5.41) is 3.03. The van der Waals surface area contributed by atoms with E-state index in [2.05, 4.69) is 115 Å². The van der Waals surface area contributed by atoms with E-state index in [4.69, 9.17) is 5.73 Å². The van der Waals surface area contributed by atoms with Gasteiger partial charge in [-0.05, 0) is 48.4 Å². The Morgan fingerprint density at radius 3 is 2.33 bits per heavy atom. The summed E-state index contributed by atoms with van der Waals surface area (Å²) in [6.07, 6.45) is 13.4. The molecule has 0 amide bonds. The summed E-state index contributed by atoms with van der Waals surface area (Å²) in [5.74, 6) is 0.447. The van der Waals surface area contributed by atoms with Crippen molar-refractivity contribution in [1.29, 1.82) is 0 Å². The van der Waals surface area contributed by atoms with Gasteiger partial charge in [0, 0.05) is 39.0 Å². The van der Waals surface area contributed by atoms with Gasteiger partial charge in [-0.2, -0.15) is 0 Å². The van der Waals surface area contributed by atoms with Crippen LogP contribution in [0.4, 0.5) is 0 Å². The van der Waals surface area contributed by atoms with Gasteiger partial charge in [0.15, 0.2) is 0 Å². The molecule has 162 valence electrons. The van der Waals surface area contributed by atoms with Gasteiger partial charge in [0.1, 0.15) is 0 Å². The molecule has 6 rings (SSSR count). The molecule has 2 atom stereocenters. The summed E-state index contributed by atoms with van der Waals surface area (Å²) in [4.78, 5) is 1.39. The van der Waals surface area contributed by atoms with Crippen LogP contribution in [0.3, 0.4) is 0 Å². The fraction of sp³-hybridized carbons (Fsp3) is 0.133. The maximum atomic E-state index is 6.13. The zero-order chi connectivity index (χ0) is 22.4. The van der Waals surface area contributed by atoms with Gasteiger partial charge in [-0.15, -0.1) is 11.8 Å². The van der Waals surface area contributed by atoms with Crippen LogP contribution in [0.25, 0.3) is 33.1 Å². The Bertz CT molecular complexity index is 1450. The highest BCUT2D eigenvalue weighted by Gasteiger charge is 2.31. The Balaban J connectivity index is 1.54. The van der Waals surface area contributed by atoms with Crippen LogP contribution in [0.2, 0.25) is 0 Å². The lowest BCUT2D eigenvalue weighted by atomic mass is 9.89. The molecule has 0 saturated heterocycles. The van der Waals surface area contributed by atoms with E-state index >= 15 is 0 Å². The average Bonchev–Trinajstić information content (AvgIpc) is 3.39. The average molecular weight is 447 g/mol. The van der Waals surface area contributed by atoms with Crippen molar-refractivity contribution in [2.45, 2.75) is 23.0 Å². The molecule has 1 aliphatic heterocycles. The van der Waals surface area contributed by atoms with Gasteiger partial charge in [0.2, 0.25) is 0 Å². The van der Waals surface area contributed by atoms with Crippen molar-refractivity contribution in [3.05, 3.63) is 114 Å². The molecule has 2 N–H and O–H groups in total. The number of thioether (sulfide) groups is 1. The first-order valence-electron chi connectivity index (χ1n) is 11.5. The maximum absolute atomic E-state index is 6.13. The van der Waals surface area contributed by atoms with Crippen molar-refractivity contribution in [2.24, 2.45) is 5.73 Å². The Morgan fingerprint density at radius 1 is 0.939 bits per heavy atom. The smallest absolute Gasteiger partial charge is 0.0541 e. The van der Waals surface area contributed by atoms with Crippen LogP contribution in [0, 0.1) is 0 Å². The molecule has 4 aromatic rings. The van der Waals surface area contributed by atoms with Gasteiger partial charge >= 0.3 is 0 Å². The number of hydrogen-bond donors (Lipinski definition) is 1. The van der Waals surface area contributed by atoms with Crippen LogP contribution < -0.4 is 5.73 Å². The molecule has 1 aliphatic carbocycles. The van der Waals surface area contributed by atoms with Crippen LogP contribution in [0.5, 0.6) is 0 Å². The predicted octanol–water partition coefficient (Wildman–Crippen LogP) is 7.38. The van der Waals surface area contributed by atoms with Crippen LogP contribution in [0.15, 0.2) is 108 Å². The highest BCUT2D eigenvalue weighted by atomic mass is 32.2. The number of nitrogens with zero attached hydrogens (tertiary/aromatic N) is 1. The summed E-state index contributed by atoms with van der Waals surface area (Å²) in [7, 11) is 0. The fourth-order valence-corrected chi connectivity index (χ4v) is 6.61. The fourth-order valence-electron chi connectivity index (χ4n) is 5.29. The van der Waals surface area contributed by atoms with Crippen molar-refractivity contribution < 1.29 is 0 Å². The first-order valence-corrected chi connectivity index (χ1v) is 12.4. The Morgan fingerprint density at radius 2 is 1.64 bits per heavy atom. The lowest BCUT2D eigenvalue weighted by Crippen LogP contribution is -2.07. The molecule has 0 bridgehead atoms. The summed E-state index contributed by atoms with van der Waals surface area (Å²) >= 11 is 1.97. The second kappa shape index (κ2) is 8.26. The van der Waals surface area contributed by atoms with Crippen LogP contribution >= 0.6 is 11.8 Å². The second-order valence-electron chi connectivity index (χ2n) is 8.53. The number of para-hydroxylation sites is 2. The second-order valence-corrected chi connectivity index (χ2v) is 9.75. The molecule has 2 unspecified atom stereocenters. The third-order valence-corrected chi connectivity index (χ3v) is 8.07. The number of rotatable bonds is 4. The lowest BCUT2D eigenvalue weighted by molar-refractivity contribution is 0.880. The minimum Gasteiger partial charge on any atom is -0.327 e. The predicted molar refractivity (Wildman–Crippen MR) is 144 cm³/mol. The van der Waals surface area contributed by atoms with Crippen molar-refractivity contribution in [2.75, 3.05) is 6.54 Å². The highest BCUT2D eigenvalue weighted by Crippen LogP contribution is 2.49. The number of aromatic nitrogens is 1. The van der Waals surface area contributed by atoms with E-state index in [1.807, 2.05) is 11.8 Å². The van der Waals surface area contributed by atoms with Gasteiger partial charge < -0.3 is 10.3 Å².